The molecule has 3 aliphatic rings. The minimum Gasteiger partial charge on any atom is -0.370 e. The minimum absolute atomic E-state index is 0.206. The Labute approximate surface area is 200 Å². The lowest BCUT2D eigenvalue weighted by molar-refractivity contribution is 0.0156. The monoisotopic (exact) mass is 536 g/mol. The average molecular weight is 537 g/mol. The lowest BCUT2D eigenvalue weighted by Crippen LogP contribution is -2.20. The summed E-state index contributed by atoms with van der Waals surface area (Å²) in [5.74, 6) is 0.325. The highest BCUT2D eigenvalue weighted by Crippen LogP contribution is 2.55. The number of pyridine rings is 1. The lowest BCUT2D eigenvalue weighted by atomic mass is 10.0. The molecule has 2 aromatic rings. The summed E-state index contributed by atoms with van der Waals surface area (Å²) in [6.45, 7) is 1.91. The van der Waals surface area contributed by atoms with Crippen molar-refractivity contribution in [3.63, 3.8) is 0 Å². The van der Waals surface area contributed by atoms with Gasteiger partial charge >= 0.3 is 15.2 Å². The van der Waals surface area contributed by atoms with Crippen LogP contribution < -0.4 is 4.90 Å². The number of thiophene rings is 1. The number of ether oxygens (including phenoxy) is 1. The predicted molar refractivity (Wildman–Crippen MR) is 127 cm³/mol. The topological polar surface area (TPSA) is 129 Å². The van der Waals surface area contributed by atoms with Crippen molar-refractivity contribution in [2.45, 2.75) is 44.3 Å². The minimum atomic E-state index is -4.65. The van der Waals surface area contributed by atoms with Crippen LogP contribution in [0.25, 0.3) is 10.2 Å². The highest BCUT2D eigenvalue weighted by molar-refractivity contribution is 7.70. The third kappa shape index (κ3) is 5.35. The largest absolute Gasteiger partial charge is 0.370 e. The molecule has 2 aromatic heterocycles. The van der Waals surface area contributed by atoms with Crippen LogP contribution in [-0.4, -0.2) is 51.4 Å². The van der Waals surface area contributed by atoms with Gasteiger partial charge in [-0.25, -0.2) is 4.98 Å². The molecule has 1 saturated carbocycles. The second-order valence-electron chi connectivity index (χ2n) is 9.25. The van der Waals surface area contributed by atoms with E-state index < -0.39 is 27.2 Å². The number of fused-ring (bicyclic) bond motifs is 2. The van der Waals surface area contributed by atoms with Gasteiger partial charge in [-0.3, -0.25) is 9.13 Å². The number of rotatable bonds is 7. The van der Waals surface area contributed by atoms with Crippen molar-refractivity contribution in [3.8, 4) is 0 Å². The molecule has 2 saturated heterocycles. The summed E-state index contributed by atoms with van der Waals surface area (Å²) in [7, 11) is -9.05. The predicted octanol–water partition coefficient (Wildman–Crippen LogP) is 4.74. The van der Waals surface area contributed by atoms with Gasteiger partial charge in [0.1, 0.15) is 5.15 Å². The van der Waals surface area contributed by atoms with Gasteiger partial charge in [0.25, 0.3) is 0 Å². The molecule has 3 N–H and O–H groups in total. The molecule has 5 atom stereocenters. The van der Waals surface area contributed by atoms with Crippen LogP contribution in [0.4, 0.5) is 5.69 Å². The number of hydrogen-bond donors (Lipinski definition) is 3. The average Bonchev–Trinajstić information content (AvgIpc) is 3.46. The molecule has 0 spiro atoms. The normalized spacial score (nSPS) is 29.6. The second kappa shape index (κ2) is 9.16. The zero-order valence-corrected chi connectivity index (χ0v) is 21.2. The van der Waals surface area contributed by atoms with Gasteiger partial charge < -0.3 is 28.8 Å². The van der Waals surface area contributed by atoms with Crippen molar-refractivity contribution < 1.29 is 33.1 Å². The maximum atomic E-state index is 11.9. The molecule has 5 rings (SSSR count). The fourth-order valence-electron chi connectivity index (χ4n) is 5.40. The van der Waals surface area contributed by atoms with Gasteiger partial charge in [-0.1, -0.05) is 18.0 Å². The van der Waals surface area contributed by atoms with Crippen LogP contribution in [-0.2, 0) is 18.4 Å². The van der Waals surface area contributed by atoms with E-state index in [1.807, 2.05) is 11.4 Å². The summed E-state index contributed by atoms with van der Waals surface area (Å²) >= 11 is 8.05. The first-order chi connectivity index (χ1) is 15.6. The van der Waals surface area contributed by atoms with E-state index in [9.17, 15) is 14.0 Å². The van der Waals surface area contributed by atoms with E-state index in [0.717, 1.165) is 46.4 Å². The van der Waals surface area contributed by atoms with Gasteiger partial charge in [0.2, 0.25) is 0 Å². The first-order valence-corrected chi connectivity index (χ1v) is 15.9. The van der Waals surface area contributed by atoms with E-state index in [1.54, 1.807) is 11.3 Å². The SMILES string of the molecule is O=P(O)(O)CP(=O)(O)OC[C@@H]1CC[C@H](c2csc3c(N4CC5CCCC5C4)cc(Cl)nc23)O1. The third-order valence-electron chi connectivity index (χ3n) is 6.85. The number of aromatic nitrogens is 1. The molecule has 182 valence electrons. The van der Waals surface area contributed by atoms with Gasteiger partial charge in [0, 0.05) is 24.7 Å². The molecular weight excluding hydrogens is 510 g/mol. The Morgan fingerprint density at radius 1 is 1.18 bits per heavy atom. The second-order valence-corrected chi connectivity index (χ2v) is 14.5. The van der Waals surface area contributed by atoms with Crippen LogP contribution >= 0.6 is 38.1 Å². The van der Waals surface area contributed by atoms with Crippen LogP contribution in [0.3, 0.4) is 0 Å². The van der Waals surface area contributed by atoms with Crippen molar-refractivity contribution in [3.05, 3.63) is 22.2 Å². The first kappa shape index (κ1) is 24.2. The summed E-state index contributed by atoms with van der Waals surface area (Å²) in [5.41, 5.74) is 2.91. The highest BCUT2D eigenvalue weighted by Gasteiger charge is 2.38. The maximum Gasteiger partial charge on any atom is 0.340 e. The number of halogens is 1. The van der Waals surface area contributed by atoms with E-state index in [0.29, 0.717) is 18.0 Å². The van der Waals surface area contributed by atoms with Gasteiger partial charge in [-0.2, -0.15) is 0 Å². The Kier molecular flexibility index (Phi) is 6.71. The van der Waals surface area contributed by atoms with Crippen molar-refractivity contribution >= 4 is 54.0 Å². The molecule has 9 nitrogen and oxygen atoms in total. The molecule has 2 aliphatic heterocycles. The molecule has 33 heavy (non-hydrogen) atoms. The Hall–Kier alpha value is -0.540. The lowest BCUT2D eigenvalue weighted by Gasteiger charge is -2.21. The summed E-state index contributed by atoms with van der Waals surface area (Å²) in [4.78, 5) is 34.6. The van der Waals surface area contributed by atoms with Crippen molar-refractivity contribution in [2.24, 2.45) is 11.8 Å². The molecular formula is C20H27ClN2O7P2S. The molecule has 1 aliphatic carbocycles. The number of hydrogen-bond acceptors (Lipinski definition) is 7. The molecule has 13 heteroatoms. The molecule has 4 heterocycles. The molecule has 0 bridgehead atoms. The Bertz CT molecular complexity index is 1130. The zero-order chi connectivity index (χ0) is 23.4. The third-order valence-corrected chi connectivity index (χ3v) is 11.5. The van der Waals surface area contributed by atoms with E-state index in [-0.39, 0.29) is 12.7 Å². The van der Waals surface area contributed by atoms with Gasteiger partial charge in [0.05, 0.1) is 34.7 Å². The van der Waals surface area contributed by atoms with Crippen LogP contribution in [0.15, 0.2) is 11.4 Å². The smallest absolute Gasteiger partial charge is 0.340 e. The van der Waals surface area contributed by atoms with Gasteiger partial charge in [-0.15, -0.1) is 11.3 Å². The Morgan fingerprint density at radius 2 is 1.91 bits per heavy atom. The van der Waals surface area contributed by atoms with Crippen LogP contribution in [0, 0.1) is 11.8 Å². The molecule has 3 unspecified atom stereocenters. The van der Waals surface area contributed by atoms with Crippen molar-refractivity contribution in [1.29, 1.82) is 0 Å². The van der Waals surface area contributed by atoms with Crippen LogP contribution in [0.5, 0.6) is 0 Å². The summed E-state index contributed by atoms with van der Waals surface area (Å²) in [5, 5.41) is 2.50. The van der Waals surface area contributed by atoms with E-state index in [4.69, 9.17) is 30.6 Å². The van der Waals surface area contributed by atoms with Crippen LogP contribution in [0.2, 0.25) is 5.15 Å². The van der Waals surface area contributed by atoms with Gasteiger partial charge in [-0.05, 0) is 42.9 Å². The zero-order valence-electron chi connectivity index (χ0n) is 17.9. The van der Waals surface area contributed by atoms with Crippen molar-refractivity contribution in [1.82, 2.24) is 4.98 Å². The first-order valence-electron chi connectivity index (χ1n) is 11.1. The maximum absolute atomic E-state index is 11.9. The van der Waals surface area contributed by atoms with Gasteiger partial charge in [0.15, 0.2) is 5.90 Å². The fraction of sp³-hybridized carbons (Fsp3) is 0.650. The van der Waals surface area contributed by atoms with Crippen molar-refractivity contribution in [2.75, 3.05) is 30.5 Å². The van der Waals surface area contributed by atoms with E-state index in [1.165, 1.54) is 19.3 Å². The summed E-state index contributed by atoms with van der Waals surface area (Å²) in [6, 6.07) is 1.96. The summed E-state index contributed by atoms with van der Waals surface area (Å²) in [6.07, 6.45) is 4.52. The molecule has 3 fully saturated rings. The quantitative estimate of drug-likeness (QED) is 0.339. The molecule has 0 aromatic carbocycles. The summed E-state index contributed by atoms with van der Waals surface area (Å²) < 4.78 is 35.0. The fourth-order valence-corrected chi connectivity index (χ4v) is 9.27. The number of nitrogens with zero attached hydrogens (tertiary/aromatic N) is 2. The van der Waals surface area contributed by atoms with Crippen LogP contribution in [0.1, 0.15) is 43.8 Å². The van der Waals surface area contributed by atoms with E-state index in [2.05, 4.69) is 9.88 Å². The Balaban J connectivity index is 1.29. The highest BCUT2D eigenvalue weighted by atomic mass is 35.5. The number of anilines is 1. The van der Waals surface area contributed by atoms with E-state index >= 15 is 0 Å². The molecule has 0 radical (unpaired) electrons. The standard InChI is InChI=1S/C20H27ClN2O7P2S/c21-18-6-16(23-7-12-2-1-3-13(12)8-23)20-19(22-18)15(10-33-20)17-5-4-14(30-17)9-29-32(27,28)11-31(24,25)26/h6,10,12-14,17H,1-5,7-9,11H2,(H,27,28)(H2,24,25,26)/t12?,13?,14-,17+/m0/s1. The molecule has 0 amide bonds. The Morgan fingerprint density at radius 3 is 2.61 bits per heavy atom.